The van der Waals surface area contributed by atoms with Crippen molar-refractivity contribution in [3.05, 3.63) is 35.4 Å². The summed E-state index contributed by atoms with van der Waals surface area (Å²) in [4.78, 5) is 22.4. The van der Waals surface area contributed by atoms with E-state index in [0.29, 0.717) is 12.1 Å². The fourth-order valence-corrected chi connectivity index (χ4v) is 1.31. The number of amides is 2. The molecule has 2 amide bonds. The lowest BCUT2D eigenvalue weighted by Gasteiger charge is -2.07. The van der Waals surface area contributed by atoms with E-state index < -0.39 is 12.0 Å². The zero-order valence-electron chi connectivity index (χ0n) is 10.6. The average molecular weight is 261 g/mol. The number of hydrogen-bond acceptors (Lipinski definition) is 4. The highest BCUT2D eigenvalue weighted by atomic mass is 16.5. The Bertz CT molecular complexity index is 477. The number of hydrogen-bond donors (Lipinski definition) is 2. The van der Waals surface area contributed by atoms with E-state index >= 15 is 0 Å². The lowest BCUT2D eigenvalue weighted by Crippen LogP contribution is -2.38. The smallest absolute Gasteiger partial charge is 0.325 e. The molecule has 0 aliphatic carbocycles. The molecule has 0 spiro atoms. The van der Waals surface area contributed by atoms with Gasteiger partial charge in [-0.2, -0.15) is 5.26 Å². The van der Waals surface area contributed by atoms with E-state index in [-0.39, 0.29) is 13.2 Å². The second-order valence-corrected chi connectivity index (χ2v) is 3.65. The molecule has 6 nitrogen and oxygen atoms in total. The number of carbonyl (C=O) groups is 2. The largest absolute Gasteiger partial charge is 0.465 e. The summed E-state index contributed by atoms with van der Waals surface area (Å²) >= 11 is 0. The van der Waals surface area contributed by atoms with Crippen LogP contribution in [0, 0.1) is 11.3 Å². The third-order valence-electron chi connectivity index (χ3n) is 2.23. The maximum Gasteiger partial charge on any atom is 0.325 e. The summed E-state index contributed by atoms with van der Waals surface area (Å²) < 4.78 is 4.67. The minimum atomic E-state index is -0.476. The SMILES string of the molecule is CCOC(=O)CNC(=O)NCc1ccc(C#N)cc1. The summed E-state index contributed by atoms with van der Waals surface area (Å²) in [5.74, 6) is -0.476. The van der Waals surface area contributed by atoms with Crippen LogP contribution in [0.15, 0.2) is 24.3 Å². The third kappa shape index (κ3) is 5.55. The van der Waals surface area contributed by atoms with Crippen LogP contribution >= 0.6 is 0 Å². The Labute approximate surface area is 111 Å². The van der Waals surface area contributed by atoms with Crippen molar-refractivity contribution in [2.45, 2.75) is 13.5 Å². The normalized spacial score (nSPS) is 9.26. The number of nitrogens with one attached hydrogen (secondary N) is 2. The molecule has 19 heavy (non-hydrogen) atoms. The van der Waals surface area contributed by atoms with Gasteiger partial charge in [0.15, 0.2) is 0 Å². The fraction of sp³-hybridized carbons (Fsp3) is 0.308. The molecule has 0 radical (unpaired) electrons. The van der Waals surface area contributed by atoms with Crippen molar-refractivity contribution in [1.82, 2.24) is 10.6 Å². The molecule has 0 fully saturated rings. The Balaban J connectivity index is 2.29. The van der Waals surface area contributed by atoms with Gasteiger partial charge in [0.1, 0.15) is 6.54 Å². The monoisotopic (exact) mass is 261 g/mol. The van der Waals surface area contributed by atoms with E-state index in [1.807, 2.05) is 6.07 Å². The molecule has 0 aliphatic rings. The maximum absolute atomic E-state index is 11.4. The number of benzene rings is 1. The van der Waals surface area contributed by atoms with Crippen molar-refractivity contribution in [3.63, 3.8) is 0 Å². The first-order valence-electron chi connectivity index (χ1n) is 5.82. The van der Waals surface area contributed by atoms with E-state index in [4.69, 9.17) is 5.26 Å². The molecule has 0 aromatic heterocycles. The van der Waals surface area contributed by atoms with Gasteiger partial charge in [0, 0.05) is 6.54 Å². The van der Waals surface area contributed by atoms with Crippen molar-refractivity contribution in [2.75, 3.05) is 13.2 Å². The van der Waals surface area contributed by atoms with Gasteiger partial charge in [-0.25, -0.2) is 4.79 Å². The summed E-state index contributed by atoms with van der Waals surface area (Å²) in [5.41, 5.74) is 1.43. The van der Waals surface area contributed by atoms with E-state index in [0.717, 1.165) is 5.56 Å². The van der Waals surface area contributed by atoms with Crippen LogP contribution in [-0.2, 0) is 16.1 Å². The Morgan fingerprint density at radius 3 is 2.53 bits per heavy atom. The fourth-order valence-electron chi connectivity index (χ4n) is 1.31. The summed E-state index contributed by atoms with van der Waals surface area (Å²) in [6.45, 7) is 2.14. The summed E-state index contributed by atoms with van der Waals surface area (Å²) in [7, 11) is 0. The van der Waals surface area contributed by atoms with Crippen LogP contribution in [0.1, 0.15) is 18.1 Å². The first kappa shape index (κ1) is 14.5. The minimum absolute atomic E-state index is 0.160. The van der Waals surface area contributed by atoms with Crippen molar-refractivity contribution < 1.29 is 14.3 Å². The molecule has 0 unspecified atom stereocenters. The Kier molecular flexibility index (Phi) is 5.89. The molecule has 0 bridgehead atoms. The van der Waals surface area contributed by atoms with Crippen molar-refractivity contribution in [1.29, 1.82) is 5.26 Å². The van der Waals surface area contributed by atoms with Crippen LogP contribution in [0.25, 0.3) is 0 Å². The third-order valence-corrected chi connectivity index (χ3v) is 2.23. The van der Waals surface area contributed by atoms with Gasteiger partial charge in [0.25, 0.3) is 0 Å². The van der Waals surface area contributed by atoms with E-state index in [1.165, 1.54) is 0 Å². The van der Waals surface area contributed by atoms with Gasteiger partial charge < -0.3 is 15.4 Å². The minimum Gasteiger partial charge on any atom is -0.465 e. The Morgan fingerprint density at radius 2 is 1.95 bits per heavy atom. The number of ether oxygens (including phenoxy) is 1. The Morgan fingerprint density at radius 1 is 1.26 bits per heavy atom. The molecule has 100 valence electrons. The number of carbonyl (C=O) groups excluding carboxylic acids is 2. The zero-order valence-corrected chi connectivity index (χ0v) is 10.6. The van der Waals surface area contributed by atoms with Crippen LogP contribution in [0.2, 0.25) is 0 Å². The number of nitriles is 1. The second kappa shape index (κ2) is 7.71. The number of esters is 1. The summed E-state index contributed by atoms with van der Waals surface area (Å²) in [6.07, 6.45) is 0. The molecular weight excluding hydrogens is 246 g/mol. The molecule has 0 atom stereocenters. The number of urea groups is 1. The van der Waals surface area contributed by atoms with Gasteiger partial charge in [-0.15, -0.1) is 0 Å². The zero-order chi connectivity index (χ0) is 14.1. The molecule has 2 N–H and O–H groups in total. The molecule has 0 aliphatic heterocycles. The molecule has 1 aromatic carbocycles. The highest BCUT2D eigenvalue weighted by Crippen LogP contribution is 2.02. The van der Waals surface area contributed by atoms with Gasteiger partial charge in [-0.05, 0) is 24.6 Å². The van der Waals surface area contributed by atoms with E-state index in [9.17, 15) is 9.59 Å². The molecule has 1 rings (SSSR count). The van der Waals surface area contributed by atoms with Gasteiger partial charge >= 0.3 is 12.0 Å². The number of rotatable bonds is 5. The quantitative estimate of drug-likeness (QED) is 0.771. The van der Waals surface area contributed by atoms with Crippen LogP contribution < -0.4 is 10.6 Å². The predicted molar refractivity (Wildman–Crippen MR) is 68.0 cm³/mol. The highest BCUT2D eigenvalue weighted by Gasteiger charge is 2.05. The van der Waals surface area contributed by atoms with Crippen LogP contribution in [0.3, 0.4) is 0 Å². The first-order valence-corrected chi connectivity index (χ1v) is 5.82. The standard InChI is InChI=1S/C13H15N3O3/c1-2-19-12(17)9-16-13(18)15-8-11-5-3-10(7-14)4-6-11/h3-6H,2,8-9H2,1H3,(H2,15,16,18). The molecule has 6 heteroatoms. The summed E-state index contributed by atoms with van der Waals surface area (Å²) in [5, 5.41) is 13.6. The van der Waals surface area contributed by atoms with Crippen molar-refractivity contribution >= 4 is 12.0 Å². The molecule has 0 heterocycles. The lowest BCUT2D eigenvalue weighted by molar-refractivity contribution is -0.141. The topological polar surface area (TPSA) is 91.2 Å². The first-order chi connectivity index (χ1) is 9.15. The van der Waals surface area contributed by atoms with Crippen LogP contribution in [0.5, 0.6) is 0 Å². The van der Waals surface area contributed by atoms with Crippen molar-refractivity contribution in [3.8, 4) is 6.07 Å². The van der Waals surface area contributed by atoms with Crippen LogP contribution in [-0.4, -0.2) is 25.2 Å². The Hall–Kier alpha value is -2.55. The molecule has 0 saturated heterocycles. The average Bonchev–Trinajstić information content (AvgIpc) is 2.44. The summed E-state index contributed by atoms with van der Waals surface area (Å²) in [6, 6.07) is 8.42. The lowest BCUT2D eigenvalue weighted by atomic mass is 10.1. The van der Waals surface area contributed by atoms with E-state index in [1.54, 1.807) is 31.2 Å². The number of nitrogens with zero attached hydrogens (tertiary/aromatic N) is 1. The van der Waals surface area contributed by atoms with Crippen LogP contribution in [0.4, 0.5) is 4.79 Å². The second-order valence-electron chi connectivity index (χ2n) is 3.65. The van der Waals surface area contributed by atoms with Crippen molar-refractivity contribution in [2.24, 2.45) is 0 Å². The van der Waals surface area contributed by atoms with Gasteiger partial charge in [0.2, 0.25) is 0 Å². The van der Waals surface area contributed by atoms with Gasteiger partial charge in [-0.1, -0.05) is 12.1 Å². The highest BCUT2D eigenvalue weighted by molar-refractivity contribution is 5.80. The molecule has 0 saturated carbocycles. The van der Waals surface area contributed by atoms with Gasteiger partial charge in [0.05, 0.1) is 18.2 Å². The maximum atomic E-state index is 11.4. The molecule has 1 aromatic rings. The van der Waals surface area contributed by atoms with Gasteiger partial charge in [-0.3, -0.25) is 4.79 Å². The molecular formula is C13H15N3O3. The van der Waals surface area contributed by atoms with E-state index in [2.05, 4.69) is 15.4 Å². The predicted octanol–water partition coefficient (Wildman–Crippen LogP) is 0.921.